The van der Waals surface area contributed by atoms with Crippen molar-refractivity contribution < 1.29 is 4.79 Å². The number of pyridine rings is 1. The van der Waals surface area contributed by atoms with Crippen LogP contribution in [-0.4, -0.2) is 11.1 Å². The van der Waals surface area contributed by atoms with Gasteiger partial charge in [-0.25, -0.2) is 4.79 Å². The van der Waals surface area contributed by atoms with Crippen LogP contribution in [0.5, 0.6) is 0 Å². The Morgan fingerprint density at radius 3 is 3.00 bits per heavy atom. The Balaban J connectivity index is 2.94. The van der Waals surface area contributed by atoms with Crippen molar-refractivity contribution in [2.24, 2.45) is 4.99 Å². The fourth-order valence-corrected chi connectivity index (χ4v) is 0.933. The summed E-state index contributed by atoms with van der Waals surface area (Å²) in [5.41, 5.74) is 1.92. The smallest absolute Gasteiger partial charge is 0.235 e. The second-order valence-electron chi connectivity index (χ2n) is 2.65. The predicted octanol–water partition coefficient (Wildman–Crippen LogP) is 1.79. The molecule has 0 bridgehead atoms. The van der Waals surface area contributed by atoms with Gasteiger partial charge in [-0.3, -0.25) is 4.98 Å². The molecule has 62 valence electrons. The van der Waals surface area contributed by atoms with E-state index in [1.165, 1.54) is 6.08 Å². The summed E-state index contributed by atoms with van der Waals surface area (Å²) in [5, 5.41) is 0. The van der Waals surface area contributed by atoms with Crippen LogP contribution in [0.25, 0.3) is 0 Å². The molecule has 0 spiro atoms. The highest BCUT2D eigenvalue weighted by Crippen LogP contribution is 2.13. The second kappa shape index (κ2) is 3.79. The maximum Gasteiger partial charge on any atom is 0.235 e. The number of nitrogens with zero attached hydrogens (tertiary/aromatic N) is 2. The minimum atomic E-state index is -0.192. The molecular weight excluding hydrogens is 152 g/mol. The van der Waals surface area contributed by atoms with Gasteiger partial charge in [0.1, 0.15) is 6.04 Å². The number of aromatic nitrogens is 1. The molecule has 0 aromatic carbocycles. The van der Waals surface area contributed by atoms with Gasteiger partial charge in [0.05, 0.1) is 5.69 Å². The average Bonchev–Trinajstić information content (AvgIpc) is 2.05. The van der Waals surface area contributed by atoms with Crippen LogP contribution >= 0.6 is 0 Å². The van der Waals surface area contributed by atoms with Gasteiger partial charge in [0.15, 0.2) is 0 Å². The summed E-state index contributed by atoms with van der Waals surface area (Å²) in [5.74, 6) is 0. The molecule has 0 N–H and O–H groups in total. The van der Waals surface area contributed by atoms with Crippen molar-refractivity contribution in [2.45, 2.75) is 19.9 Å². The quantitative estimate of drug-likeness (QED) is 0.491. The molecular formula is C9H10N2O. The standard InChI is InChI=1S/C9H10N2O/c1-7-3-4-10-9(5-7)8(2)11-6-12/h3-5,8H,1-2H3. The largest absolute Gasteiger partial charge is 0.259 e. The highest BCUT2D eigenvalue weighted by Gasteiger charge is 2.03. The van der Waals surface area contributed by atoms with E-state index in [0.29, 0.717) is 0 Å². The molecule has 1 rings (SSSR count). The summed E-state index contributed by atoms with van der Waals surface area (Å²) in [6, 6.07) is 3.62. The first-order chi connectivity index (χ1) is 5.74. The zero-order chi connectivity index (χ0) is 8.97. The lowest BCUT2D eigenvalue weighted by molar-refractivity contribution is 0.559. The Morgan fingerprint density at radius 1 is 1.67 bits per heavy atom. The van der Waals surface area contributed by atoms with Gasteiger partial charge in [-0.1, -0.05) is 0 Å². The van der Waals surface area contributed by atoms with Crippen LogP contribution in [0.1, 0.15) is 24.2 Å². The van der Waals surface area contributed by atoms with Gasteiger partial charge in [-0.2, -0.15) is 4.99 Å². The van der Waals surface area contributed by atoms with E-state index in [0.717, 1.165) is 11.3 Å². The Kier molecular flexibility index (Phi) is 2.72. The van der Waals surface area contributed by atoms with E-state index < -0.39 is 0 Å². The second-order valence-corrected chi connectivity index (χ2v) is 2.65. The summed E-state index contributed by atoms with van der Waals surface area (Å²) in [7, 11) is 0. The summed E-state index contributed by atoms with van der Waals surface area (Å²) in [6.45, 7) is 3.79. The molecule has 0 saturated carbocycles. The van der Waals surface area contributed by atoms with Crippen LogP contribution in [0.3, 0.4) is 0 Å². The van der Waals surface area contributed by atoms with Crippen LogP contribution in [0.2, 0.25) is 0 Å². The first kappa shape index (κ1) is 8.62. The fraction of sp³-hybridized carbons (Fsp3) is 0.333. The van der Waals surface area contributed by atoms with E-state index in [9.17, 15) is 4.79 Å². The van der Waals surface area contributed by atoms with Crippen molar-refractivity contribution >= 4 is 6.08 Å². The molecule has 1 aromatic rings. The number of rotatable bonds is 2. The molecule has 3 nitrogen and oxygen atoms in total. The molecule has 0 aliphatic rings. The van der Waals surface area contributed by atoms with Gasteiger partial charge in [0.2, 0.25) is 6.08 Å². The molecule has 0 saturated heterocycles. The zero-order valence-electron chi connectivity index (χ0n) is 7.11. The van der Waals surface area contributed by atoms with Crippen LogP contribution in [0.4, 0.5) is 0 Å². The molecule has 0 fully saturated rings. The van der Waals surface area contributed by atoms with E-state index in [2.05, 4.69) is 9.98 Å². The SMILES string of the molecule is Cc1ccnc(C(C)N=C=O)c1. The third-order valence-electron chi connectivity index (χ3n) is 1.61. The molecule has 0 radical (unpaired) electrons. The Bertz CT molecular complexity index is 316. The van der Waals surface area contributed by atoms with Gasteiger partial charge in [0, 0.05) is 6.20 Å². The number of hydrogen-bond donors (Lipinski definition) is 0. The van der Waals surface area contributed by atoms with Gasteiger partial charge >= 0.3 is 0 Å². The van der Waals surface area contributed by atoms with Gasteiger partial charge in [-0.15, -0.1) is 0 Å². The summed E-state index contributed by atoms with van der Waals surface area (Å²) < 4.78 is 0. The fourth-order valence-electron chi connectivity index (χ4n) is 0.933. The van der Waals surface area contributed by atoms with Crippen molar-refractivity contribution in [2.75, 3.05) is 0 Å². The maximum absolute atomic E-state index is 9.95. The van der Waals surface area contributed by atoms with E-state index in [4.69, 9.17) is 0 Å². The first-order valence-corrected chi connectivity index (χ1v) is 3.73. The topological polar surface area (TPSA) is 42.3 Å². The number of aliphatic imine (C=N–C) groups is 1. The minimum absolute atomic E-state index is 0.192. The highest BCUT2D eigenvalue weighted by atomic mass is 16.1. The molecule has 1 atom stereocenters. The van der Waals surface area contributed by atoms with Crippen molar-refractivity contribution in [3.05, 3.63) is 29.6 Å². The van der Waals surface area contributed by atoms with Crippen molar-refractivity contribution in [1.82, 2.24) is 4.98 Å². The lowest BCUT2D eigenvalue weighted by atomic mass is 10.2. The summed E-state index contributed by atoms with van der Waals surface area (Å²) in [4.78, 5) is 17.6. The van der Waals surface area contributed by atoms with Crippen molar-refractivity contribution in [3.8, 4) is 0 Å². The maximum atomic E-state index is 9.95. The third-order valence-corrected chi connectivity index (χ3v) is 1.61. The molecule has 1 unspecified atom stereocenters. The Labute approximate surface area is 71.2 Å². The average molecular weight is 162 g/mol. The van der Waals surface area contributed by atoms with Crippen LogP contribution in [-0.2, 0) is 4.79 Å². The van der Waals surface area contributed by atoms with E-state index in [1.54, 1.807) is 6.20 Å². The van der Waals surface area contributed by atoms with Crippen LogP contribution < -0.4 is 0 Å². The summed E-state index contributed by atoms with van der Waals surface area (Å²) >= 11 is 0. The Morgan fingerprint density at radius 2 is 2.42 bits per heavy atom. The minimum Gasteiger partial charge on any atom is -0.259 e. The molecule has 0 aliphatic carbocycles. The number of carbonyl (C=O) groups excluding carboxylic acids is 1. The lowest BCUT2D eigenvalue weighted by Crippen LogP contribution is -1.93. The first-order valence-electron chi connectivity index (χ1n) is 3.73. The molecule has 1 heterocycles. The molecule has 0 aliphatic heterocycles. The molecule has 1 aromatic heterocycles. The lowest BCUT2D eigenvalue weighted by Gasteiger charge is -2.02. The number of hydrogen-bond acceptors (Lipinski definition) is 3. The monoisotopic (exact) mass is 162 g/mol. The van der Waals surface area contributed by atoms with Gasteiger partial charge in [0.25, 0.3) is 0 Å². The number of isocyanates is 1. The highest BCUT2D eigenvalue weighted by molar-refractivity contribution is 5.34. The van der Waals surface area contributed by atoms with Crippen LogP contribution in [0, 0.1) is 6.92 Å². The van der Waals surface area contributed by atoms with Gasteiger partial charge in [-0.05, 0) is 31.5 Å². The van der Waals surface area contributed by atoms with Crippen molar-refractivity contribution in [3.63, 3.8) is 0 Å². The normalized spacial score (nSPS) is 11.8. The van der Waals surface area contributed by atoms with E-state index >= 15 is 0 Å². The van der Waals surface area contributed by atoms with Crippen LogP contribution in [0.15, 0.2) is 23.3 Å². The van der Waals surface area contributed by atoms with Crippen molar-refractivity contribution in [1.29, 1.82) is 0 Å². The Hall–Kier alpha value is -1.47. The van der Waals surface area contributed by atoms with Gasteiger partial charge < -0.3 is 0 Å². The molecule has 3 heteroatoms. The summed E-state index contributed by atoms with van der Waals surface area (Å²) in [6.07, 6.45) is 3.23. The van der Waals surface area contributed by atoms with E-state index in [-0.39, 0.29) is 6.04 Å². The van der Waals surface area contributed by atoms with E-state index in [1.807, 2.05) is 26.0 Å². The predicted molar refractivity (Wildman–Crippen MR) is 45.5 cm³/mol. The molecule has 12 heavy (non-hydrogen) atoms. The molecule has 0 amide bonds. The number of aryl methyl sites for hydroxylation is 1. The zero-order valence-corrected chi connectivity index (χ0v) is 7.11. The third kappa shape index (κ3) is 2.01.